The van der Waals surface area contributed by atoms with E-state index in [9.17, 15) is 0 Å². The van der Waals surface area contributed by atoms with E-state index in [4.69, 9.17) is 6.42 Å². The molecule has 1 aromatic carbocycles. The number of nitrogens with one attached hydrogen (secondary N) is 1. The SMILES string of the molecule is C#Cc1ccc2nc(I)[nH]c2c1. The molecule has 0 saturated carbocycles. The molecule has 3 heteroatoms. The number of imidazole rings is 1. The molecule has 0 fully saturated rings. The number of nitrogens with zero attached hydrogens (tertiary/aromatic N) is 1. The van der Waals surface area contributed by atoms with Gasteiger partial charge in [-0.05, 0) is 40.8 Å². The van der Waals surface area contributed by atoms with Crippen molar-refractivity contribution in [2.24, 2.45) is 0 Å². The minimum absolute atomic E-state index is 0.877. The van der Waals surface area contributed by atoms with Crippen LogP contribution in [0.3, 0.4) is 0 Å². The standard InChI is InChI=1S/C9H5IN2/c1-2-6-3-4-7-8(5-6)12-9(10)11-7/h1,3-5H,(H,11,12). The third kappa shape index (κ3) is 1.18. The largest absolute Gasteiger partial charge is 0.333 e. The van der Waals surface area contributed by atoms with E-state index >= 15 is 0 Å². The summed E-state index contributed by atoms with van der Waals surface area (Å²) >= 11 is 2.14. The second-order valence-electron chi connectivity index (χ2n) is 2.40. The van der Waals surface area contributed by atoms with Crippen molar-refractivity contribution in [2.75, 3.05) is 0 Å². The maximum absolute atomic E-state index is 5.26. The highest BCUT2D eigenvalue weighted by atomic mass is 127. The average molecular weight is 268 g/mol. The Bertz CT molecular complexity index is 465. The fourth-order valence-electron chi connectivity index (χ4n) is 1.07. The fraction of sp³-hybridized carbons (Fsp3) is 0. The highest BCUT2D eigenvalue weighted by molar-refractivity contribution is 14.1. The summed E-state index contributed by atoms with van der Waals surface area (Å²) < 4.78 is 0.886. The number of hydrogen-bond donors (Lipinski definition) is 1. The molecule has 0 aliphatic heterocycles. The van der Waals surface area contributed by atoms with Crippen LogP contribution in [0.2, 0.25) is 0 Å². The third-order valence-corrected chi connectivity index (χ3v) is 2.13. The molecule has 0 saturated heterocycles. The van der Waals surface area contributed by atoms with Gasteiger partial charge in [-0.2, -0.15) is 0 Å². The Morgan fingerprint density at radius 2 is 2.33 bits per heavy atom. The van der Waals surface area contributed by atoms with Gasteiger partial charge in [0.15, 0.2) is 3.83 Å². The molecule has 0 atom stereocenters. The molecule has 2 aromatic rings. The van der Waals surface area contributed by atoms with E-state index in [0.29, 0.717) is 0 Å². The van der Waals surface area contributed by atoms with Crippen LogP contribution in [-0.2, 0) is 0 Å². The van der Waals surface area contributed by atoms with Crippen LogP contribution in [-0.4, -0.2) is 9.97 Å². The van der Waals surface area contributed by atoms with Gasteiger partial charge in [0.2, 0.25) is 0 Å². The molecule has 58 valence electrons. The zero-order valence-electron chi connectivity index (χ0n) is 6.13. The number of fused-ring (bicyclic) bond motifs is 1. The van der Waals surface area contributed by atoms with Crippen molar-refractivity contribution < 1.29 is 0 Å². The minimum atomic E-state index is 0.877. The third-order valence-electron chi connectivity index (χ3n) is 1.62. The molecule has 0 radical (unpaired) electrons. The molecule has 12 heavy (non-hydrogen) atoms. The first-order chi connectivity index (χ1) is 5.79. The molecule has 2 rings (SSSR count). The lowest BCUT2D eigenvalue weighted by atomic mass is 10.2. The average Bonchev–Trinajstić information content (AvgIpc) is 2.43. The molecule has 1 N–H and O–H groups in total. The Morgan fingerprint density at radius 3 is 3.08 bits per heavy atom. The van der Waals surface area contributed by atoms with Crippen LogP contribution in [0.4, 0.5) is 0 Å². The van der Waals surface area contributed by atoms with Crippen molar-refractivity contribution >= 4 is 33.6 Å². The quantitative estimate of drug-likeness (QED) is 0.575. The topological polar surface area (TPSA) is 28.7 Å². The minimum Gasteiger partial charge on any atom is -0.333 e. The van der Waals surface area contributed by atoms with Crippen LogP contribution in [0.25, 0.3) is 11.0 Å². The molecule has 0 unspecified atom stereocenters. The summed E-state index contributed by atoms with van der Waals surface area (Å²) in [4.78, 5) is 7.36. The first-order valence-corrected chi connectivity index (χ1v) is 4.49. The zero-order valence-corrected chi connectivity index (χ0v) is 8.29. The first-order valence-electron chi connectivity index (χ1n) is 3.41. The Morgan fingerprint density at radius 1 is 1.50 bits per heavy atom. The van der Waals surface area contributed by atoms with E-state index in [0.717, 1.165) is 20.4 Å². The molecule has 0 aliphatic rings. The number of H-pyrrole nitrogens is 1. The van der Waals surface area contributed by atoms with Crippen molar-refractivity contribution in [1.82, 2.24) is 9.97 Å². The molecule has 0 bridgehead atoms. The van der Waals surface area contributed by atoms with Gasteiger partial charge in [-0.3, -0.25) is 0 Å². The number of rotatable bonds is 0. The molecule has 0 amide bonds. The summed E-state index contributed by atoms with van der Waals surface area (Å²) in [7, 11) is 0. The van der Waals surface area contributed by atoms with Gasteiger partial charge in [-0.15, -0.1) is 6.42 Å². The van der Waals surface area contributed by atoms with Gasteiger partial charge in [-0.1, -0.05) is 5.92 Å². The number of benzene rings is 1. The lowest BCUT2D eigenvalue weighted by Gasteiger charge is -1.88. The second-order valence-corrected chi connectivity index (χ2v) is 3.43. The number of hydrogen-bond acceptors (Lipinski definition) is 1. The zero-order chi connectivity index (χ0) is 8.55. The Balaban J connectivity index is 2.77. The first kappa shape index (κ1) is 7.62. The second kappa shape index (κ2) is 2.79. The van der Waals surface area contributed by atoms with Gasteiger partial charge >= 0.3 is 0 Å². The van der Waals surface area contributed by atoms with Crippen LogP contribution in [0.1, 0.15) is 5.56 Å². The molecular weight excluding hydrogens is 263 g/mol. The van der Waals surface area contributed by atoms with Crippen molar-refractivity contribution in [2.45, 2.75) is 0 Å². The number of aromatic nitrogens is 2. The van der Waals surface area contributed by atoms with Crippen LogP contribution in [0.5, 0.6) is 0 Å². The van der Waals surface area contributed by atoms with E-state index in [1.165, 1.54) is 0 Å². The fourth-order valence-corrected chi connectivity index (χ4v) is 1.62. The molecule has 1 heterocycles. The van der Waals surface area contributed by atoms with Crippen LogP contribution in [0, 0.1) is 16.2 Å². The summed E-state index contributed by atoms with van der Waals surface area (Å²) in [6, 6.07) is 5.73. The highest BCUT2D eigenvalue weighted by Gasteiger charge is 1.98. The number of terminal acetylenes is 1. The Labute approximate surface area is 83.5 Å². The summed E-state index contributed by atoms with van der Waals surface area (Å²) in [5.74, 6) is 2.58. The summed E-state index contributed by atoms with van der Waals surface area (Å²) in [5.41, 5.74) is 2.83. The normalized spacial score (nSPS) is 10.0. The van der Waals surface area contributed by atoms with Gasteiger partial charge in [0.1, 0.15) is 0 Å². The van der Waals surface area contributed by atoms with E-state index in [-0.39, 0.29) is 0 Å². The molecule has 2 nitrogen and oxygen atoms in total. The van der Waals surface area contributed by atoms with Crippen molar-refractivity contribution in [3.63, 3.8) is 0 Å². The predicted octanol–water partition coefficient (Wildman–Crippen LogP) is 2.15. The smallest absolute Gasteiger partial charge is 0.169 e. The Hall–Kier alpha value is -1.02. The van der Waals surface area contributed by atoms with Gasteiger partial charge in [-0.25, -0.2) is 4.98 Å². The van der Waals surface area contributed by atoms with Gasteiger partial charge in [0, 0.05) is 5.56 Å². The van der Waals surface area contributed by atoms with Crippen LogP contribution >= 0.6 is 22.6 Å². The molecule has 1 aromatic heterocycles. The monoisotopic (exact) mass is 268 g/mol. The van der Waals surface area contributed by atoms with Gasteiger partial charge in [0.25, 0.3) is 0 Å². The van der Waals surface area contributed by atoms with Crippen molar-refractivity contribution in [1.29, 1.82) is 0 Å². The summed E-state index contributed by atoms with van der Waals surface area (Å²) in [5, 5.41) is 0. The lowest BCUT2D eigenvalue weighted by molar-refractivity contribution is 1.26. The van der Waals surface area contributed by atoms with Gasteiger partial charge < -0.3 is 4.98 Å². The number of halogens is 1. The molecular formula is C9H5IN2. The van der Waals surface area contributed by atoms with Crippen LogP contribution in [0.15, 0.2) is 18.2 Å². The summed E-state index contributed by atoms with van der Waals surface area (Å²) in [6.45, 7) is 0. The van der Waals surface area contributed by atoms with Gasteiger partial charge in [0.05, 0.1) is 11.0 Å². The maximum atomic E-state index is 5.26. The molecule has 0 spiro atoms. The maximum Gasteiger partial charge on any atom is 0.169 e. The summed E-state index contributed by atoms with van der Waals surface area (Å²) in [6.07, 6.45) is 5.26. The van der Waals surface area contributed by atoms with Crippen LogP contribution < -0.4 is 0 Å². The highest BCUT2D eigenvalue weighted by Crippen LogP contribution is 2.13. The van der Waals surface area contributed by atoms with E-state index < -0.39 is 0 Å². The van der Waals surface area contributed by atoms with Crippen molar-refractivity contribution in [3.05, 3.63) is 27.6 Å². The predicted molar refractivity (Wildman–Crippen MR) is 56.7 cm³/mol. The van der Waals surface area contributed by atoms with E-state index in [1.54, 1.807) is 0 Å². The van der Waals surface area contributed by atoms with E-state index in [1.807, 2.05) is 18.2 Å². The molecule has 0 aliphatic carbocycles. The van der Waals surface area contributed by atoms with E-state index in [2.05, 4.69) is 38.5 Å². The lowest BCUT2D eigenvalue weighted by Crippen LogP contribution is -1.73. The Kier molecular flexibility index (Phi) is 1.77. The number of aromatic amines is 1. The van der Waals surface area contributed by atoms with Crippen molar-refractivity contribution in [3.8, 4) is 12.3 Å².